The molecule has 0 aliphatic carbocycles. The molecular formula is C14H20FN3O. The lowest BCUT2D eigenvalue weighted by atomic mass is 10.1. The van der Waals surface area contributed by atoms with Gasteiger partial charge < -0.3 is 15.0 Å². The molecule has 0 unspecified atom stereocenters. The van der Waals surface area contributed by atoms with Crippen molar-refractivity contribution in [2.24, 2.45) is 0 Å². The fourth-order valence-corrected chi connectivity index (χ4v) is 1.50. The molecule has 104 valence electrons. The second-order valence-electron chi connectivity index (χ2n) is 4.51. The van der Waals surface area contributed by atoms with Gasteiger partial charge in [0.2, 0.25) is 0 Å². The van der Waals surface area contributed by atoms with E-state index in [2.05, 4.69) is 10.2 Å². The molecule has 0 saturated heterocycles. The van der Waals surface area contributed by atoms with Crippen molar-refractivity contribution in [3.8, 4) is 6.07 Å². The van der Waals surface area contributed by atoms with E-state index in [4.69, 9.17) is 10.00 Å². The van der Waals surface area contributed by atoms with Crippen LogP contribution in [0, 0.1) is 17.1 Å². The summed E-state index contributed by atoms with van der Waals surface area (Å²) in [6.45, 7) is 3.22. The Labute approximate surface area is 113 Å². The molecule has 0 bridgehead atoms. The Kier molecular flexibility index (Phi) is 7.04. The maximum atomic E-state index is 13.4. The van der Waals surface area contributed by atoms with Gasteiger partial charge >= 0.3 is 0 Å². The number of rotatable bonds is 8. The van der Waals surface area contributed by atoms with Gasteiger partial charge in [-0.1, -0.05) is 0 Å². The predicted octanol–water partition coefficient (Wildman–Crippen LogP) is 1.37. The van der Waals surface area contributed by atoms with Gasteiger partial charge in [-0.3, -0.25) is 0 Å². The lowest BCUT2D eigenvalue weighted by Crippen LogP contribution is -2.23. The third-order valence-corrected chi connectivity index (χ3v) is 2.60. The highest BCUT2D eigenvalue weighted by molar-refractivity contribution is 5.33. The molecule has 0 heterocycles. The fourth-order valence-electron chi connectivity index (χ4n) is 1.50. The molecule has 4 nitrogen and oxygen atoms in total. The summed E-state index contributed by atoms with van der Waals surface area (Å²) >= 11 is 0. The van der Waals surface area contributed by atoms with Crippen molar-refractivity contribution in [1.29, 1.82) is 5.26 Å². The molecule has 1 aromatic rings. The van der Waals surface area contributed by atoms with Gasteiger partial charge in [0.25, 0.3) is 0 Å². The third kappa shape index (κ3) is 6.30. The second kappa shape index (κ2) is 8.59. The molecule has 19 heavy (non-hydrogen) atoms. The zero-order valence-electron chi connectivity index (χ0n) is 11.4. The Hall–Kier alpha value is -1.48. The number of benzene rings is 1. The summed E-state index contributed by atoms with van der Waals surface area (Å²) in [5.74, 6) is -0.292. The highest BCUT2D eigenvalue weighted by Gasteiger charge is 2.02. The number of nitrogens with zero attached hydrogens (tertiary/aromatic N) is 2. The molecule has 0 aliphatic rings. The molecule has 0 spiro atoms. The highest BCUT2D eigenvalue weighted by atomic mass is 19.1. The highest BCUT2D eigenvalue weighted by Crippen LogP contribution is 2.09. The van der Waals surface area contributed by atoms with Crippen LogP contribution in [0.15, 0.2) is 18.2 Å². The number of hydrogen-bond acceptors (Lipinski definition) is 4. The molecule has 0 aromatic heterocycles. The van der Waals surface area contributed by atoms with Crippen molar-refractivity contribution in [3.63, 3.8) is 0 Å². The number of halogens is 1. The van der Waals surface area contributed by atoms with E-state index < -0.39 is 0 Å². The topological polar surface area (TPSA) is 48.3 Å². The van der Waals surface area contributed by atoms with Gasteiger partial charge in [-0.05, 0) is 32.3 Å². The van der Waals surface area contributed by atoms with Crippen LogP contribution in [-0.2, 0) is 11.3 Å². The average Bonchev–Trinajstić information content (AvgIpc) is 2.39. The maximum Gasteiger partial charge on any atom is 0.127 e. The van der Waals surface area contributed by atoms with E-state index in [0.29, 0.717) is 37.4 Å². The molecule has 0 fully saturated rings. The average molecular weight is 265 g/mol. The van der Waals surface area contributed by atoms with Gasteiger partial charge in [0.15, 0.2) is 0 Å². The van der Waals surface area contributed by atoms with E-state index in [-0.39, 0.29) is 5.82 Å². The minimum absolute atomic E-state index is 0.292. The van der Waals surface area contributed by atoms with Gasteiger partial charge in [-0.25, -0.2) is 4.39 Å². The summed E-state index contributed by atoms with van der Waals surface area (Å²) in [6.07, 6.45) is 0. The van der Waals surface area contributed by atoms with Crippen molar-refractivity contribution in [1.82, 2.24) is 10.2 Å². The van der Waals surface area contributed by atoms with E-state index in [1.54, 1.807) is 6.07 Å². The lowest BCUT2D eigenvalue weighted by Gasteiger charge is -2.10. The number of ether oxygens (including phenoxy) is 1. The molecule has 0 amide bonds. The molecule has 1 aromatic carbocycles. The van der Waals surface area contributed by atoms with Crippen molar-refractivity contribution < 1.29 is 9.13 Å². The Balaban J connectivity index is 2.21. The number of nitrogens with one attached hydrogen (secondary N) is 1. The molecule has 0 aliphatic heterocycles. The molecule has 1 N–H and O–H groups in total. The summed E-state index contributed by atoms with van der Waals surface area (Å²) in [6, 6.07) is 6.36. The minimum atomic E-state index is -0.292. The lowest BCUT2D eigenvalue weighted by molar-refractivity contribution is 0.119. The molecule has 0 atom stereocenters. The Bertz CT molecular complexity index is 429. The van der Waals surface area contributed by atoms with Crippen LogP contribution in [0.3, 0.4) is 0 Å². The third-order valence-electron chi connectivity index (χ3n) is 2.60. The Morgan fingerprint density at radius 3 is 2.84 bits per heavy atom. The SMILES string of the molecule is CN(C)CCOCCNCc1cc(C#N)ccc1F. The molecule has 5 heteroatoms. The Morgan fingerprint density at radius 2 is 2.16 bits per heavy atom. The monoisotopic (exact) mass is 265 g/mol. The number of hydrogen-bond donors (Lipinski definition) is 1. The molecule has 1 rings (SSSR count). The largest absolute Gasteiger partial charge is 0.379 e. The van der Waals surface area contributed by atoms with Crippen LogP contribution in [0.25, 0.3) is 0 Å². The quantitative estimate of drug-likeness (QED) is 0.721. The van der Waals surface area contributed by atoms with Crippen LogP contribution >= 0.6 is 0 Å². The van der Waals surface area contributed by atoms with Crippen LogP contribution in [0.1, 0.15) is 11.1 Å². The fraction of sp³-hybridized carbons (Fsp3) is 0.500. The van der Waals surface area contributed by atoms with Gasteiger partial charge in [0.1, 0.15) is 5.82 Å². The second-order valence-corrected chi connectivity index (χ2v) is 4.51. The zero-order valence-corrected chi connectivity index (χ0v) is 11.4. The summed E-state index contributed by atoms with van der Waals surface area (Å²) in [4.78, 5) is 2.05. The van der Waals surface area contributed by atoms with E-state index >= 15 is 0 Å². The van der Waals surface area contributed by atoms with Crippen molar-refractivity contribution in [3.05, 3.63) is 35.1 Å². The predicted molar refractivity (Wildman–Crippen MR) is 72.2 cm³/mol. The van der Waals surface area contributed by atoms with Gasteiger partial charge in [0, 0.05) is 25.2 Å². The summed E-state index contributed by atoms with van der Waals surface area (Å²) < 4.78 is 18.8. The van der Waals surface area contributed by atoms with Crippen molar-refractivity contribution in [2.75, 3.05) is 40.4 Å². The normalized spacial score (nSPS) is 10.7. The van der Waals surface area contributed by atoms with Crippen molar-refractivity contribution >= 4 is 0 Å². The van der Waals surface area contributed by atoms with E-state index in [1.807, 2.05) is 20.2 Å². The van der Waals surface area contributed by atoms with E-state index in [0.717, 1.165) is 6.54 Å². The smallest absolute Gasteiger partial charge is 0.127 e. The van der Waals surface area contributed by atoms with Crippen LogP contribution < -0.4 is 5.32 Å². The number of likely N-dealkylation sites (N-methyl/N-ethyl adjacent to an activating group) is 1. The summed E-state index contributed by atoms with van der Waals surface area (Å²) in [5.41, 5.74) is 0.979. The first-order valence-electron chi connectivity index (χ1n) is 6.25. The first-order chi connectivity index (χ1) is 9.13. The maximum absolute atomic E-state index is 13.4. The summed E-state index contributed by atoms with van der Waals surface area (Å²) in [5, 5.41) is 11.8. The first kappa shape index (κ1) is 15.6. The molecule has 0 radical (unpaired) electrons. The van der Waals surface area contributed by atoms with Crippen molar-refractivity contribution in [2.45, 2.75) is 6.54 Å². The van der Waals surface area contributed by atoms with Crippen LogP contribution in [0.5, 0.6) is 0 Å². The van der Waals surface area contributed by atoms with Gasteiger partial charge in [0.05, 0.1) is 24.8 Å². The number of nitriles is 1. The molecular weight excluding hydrogens is 245 g/mol. The van der Waals surface area contributed by atoms with E-state index in [1.165, 1.54) is 12.1 Å². The summed E-state index contributed by atoms with van der Waals surface area (Å²) in [7, 11) is 3.99. The van der Waals surface area contributed by atoms with Crippen LogP contribution in [0.2, 0.25) is 0 Å². The van der Waals surface area contributed by atoms with Gasteiger partial charge in [-0.15, -0.1) is 0 Å². The minimum Gasteiger partial charge on any atom is -0.379 e. The molecule has 0 saturated carbocycles. The Morgan fingerprint density at radius 1 is 1.37 bits per heavy atom. The zero-order chi connectivity index (χ0) is 14.1. The first-order valence-corrected chi connectivity index (χ1v) is 6.25. The van der Waals surface area contributed by atoms with Crippen LogP contribution in [0.4, 0.5) is 4.39 Å². The van der Waals surface area contributed by atoms with E-state index in [9.17, 15) is 4.39 Å². The van der Waals surface area contributed by atoms with Gasteiger partial charge in [-0.2, -0.15) is 5.26 Å². The standard InChI is InChI=1S/C14H20FN3O/c1-18(2)6-8-19-7-5-17-11-13-9-12(10-16)3-4-14(13)15/h3-4,9,17H,5-8,11H2,1-2H3. The van der Waals surface area contributed by atoms with Crippen LogP contribution in [-0.4, -0.2) is 45.3 Å².